The van der Waals surface area contributed by atoms with E-state index in [1.54, 1.807) is 7.11 Å². The van der Waals surface area contributed by atoms with E-state index in [4.69, 9.17) is 14.5 Å². The van der Waals surface area contributed by atoms with E-state index in [1.165, 1.54) is 5.69 Å². The van der Waals surface area contributed by atoms with Crippen LogP contribution in [-0.2, 0) is 4.74 Å². The normalized spacial score (nSPS) is 20.0. The van der Waals surface area contributed by atoms with Crippen molar-refractivity contribution in [1.29, 1.82) is 0 Å². The number of methoxy groups -OCH3 is 1. The van der Waals surface area contributed by atoms with Crippen molar-refractivity contribution in [2.24, 2.45) is 0 Å². The molecule has 0 aliphatic carbocycles. The maximum atomic E-state index is 5.65. The van der Waals surface area contributed by atoms with E-state index in [0.29, 0.717) is 5.95 Å². The van der Waals surface area contributed by atoms with Crippen LogP contribution in [0.2, 0.25) is 0 Å². The van der Waals surface area contributed by atoms with E-state index < -0.39 is 0 Å². The number of hydrogen-bond acceptors (Lipinski definition) is 7. The van der Waals surface area contributed by atoms with E-state index >= 15 is 0 Å². The van der Waals surface area contributed by atoms with Gasteiger partial charge in [0.15, 0.2) is 0 Å². The smallest absolute Gasteiger partial charge is 0.224 e. The van der Waals surface area contributed by atoms with Gasteiger partial charge in [0.05, 0.1) is 13.2 Å². The number of aromatic nitrogens is 2. The Labute approximate surface area is 160 Å². The number of anilines is 3. The van der Waals surface area contributed by atoms with Crippen molar-refractivity contribution in [1.82, 2.24) is 9.97 Å². The molecule has 7 heteroatoms. The van der Waals surface area contributed by atoms with Gasteiger partial charge in [-0.05, 0) is 43.2 Å². The lowest BCUT2D eigenvalue weighted by Gasteiger charge is -2.36. The second kappa shape index (κ2) is 8.43. The molecule has 1 atom stereocenters. The molecule has 27 heavy (non-hydrogen) atoms. The Morgan fingerprint density at radius 3 is 2.59 bits per heavy atom. The summed E-state index contributed by atoms with van der Waals surface area (Å²) in [5.41, 5.74) is 1.23. The van der Waals surface area contributed by atoms with Crippen LogP contribution in [0.25, 0.3) is 0 Å². The molecule has 1 unspecified atom stereocenters. The molecule has 0 radical (unpaired) electrons. The Balaban J connectivity index is 1.32. The zero-order chi connectivity index (χ0) is 18.5. The monoisotopic (exact) mass is 369 g/mol. The third kappa shape index (κ3) is 4.42. The van der Waals surface area contributed by atoms with Crippen molar-refractivity contribution in [2.45, 2.75) is 18.9 Å². The maximum absolute atomic E-state index is 5.65. The van der Waals surface area contributed by atoms with Crippen molar-refractivity contribution in [3.8, 4) is 5.75 Å². The van der Waals surface area contributed by atoms with Gasteiger partial charge in [0, 0.05) is 51.2 Å². The molecule has 144 valence electrons. The second-order valence-electron chi connectivity index (χ2n) is 6.93. The van der Waals surface area contributed by atoms with Gasteiger partial charge in [0.2, 0.25) is 5.95 Å². The molecular formula is C20H27N5O2. The molecule has 4 rings (SSSR count). The zero-order valence-corrected chi connectivity index (χ0v) is 15.8. The molecule has 0 amide bonds. The summed E-state index contributed by atoms with van der Waals surface area (Å²) in [6.45, 7) is 5.45. The van der Waals surface area contributed by atoms with Crippen molar-refractivity contribution in [3.63, 3.8) is 0 Å². The minimum atomic E-state index is 0.283. The Kier molecular flexibility index (Phi) is 5.58. The Hall–Kier alpha value is -2.54. The van der Waals surface area contributed by atoms with Crippen LogP contribution in [0.3, 0.4) is 0 Å². The van der Waals surface area contributed by atoms with Gasteiger partial charge in [-0.3, -0.25) is 0 Å². The topological polar surface area (TPSA) is 62.8 Å². The number of rotatable bonds is 6. The van der Waals surface area contributed by atoms with Gasteiger partial charge in [-0.15, -0.1) is 0 Å². The summed E-state index contributed by atoms with van der Waals surface area (Å²) >= 11 is 0. The minimum absolute atomic E-state index is 0.283. The van der Waals surface area contributed by atoms with Crippen LogP contribution in [0.4, 0.5) is 17.5 Å². The summed E-state index contributed by atoms with van der Waals surface area (Å²) in [6.07, 6.45) is 4.37. The average molecular weight is 369 g/mol. The van der Waals surface area contributed by atoms with E-state index in [2.05, 4.69) is 32.2 Å². The largest absolute Gasteiger partial charge is 0.497 e. The molecule has 0 saturated carbocycles. The quantitative estimate of drug-likeness (QED) is 0.839. The lowest BCUT2D eigenvalue weighted by molar-refractivity contribution is 0.120. The van der Waals surface area contributed by atoms with Crippen LogP contribution >= 0.6 is 0 Å². The average Bonchev–Trinajstić information content (AvgIpc) is 3.26. The number of nitrogens with zero attached hydrogens (tertiary/aromatic N) is 4. The summed E-state index contributed by atoms with van der Waals surface area (Å²) in [5, 5.41) is 3.32. The first-order valence-electron chi connectivity index (χ1n) is 9.64. The Morgan fingerprint density at radius 1 is 1.11 bits per heavy atom. The highest BCUT2D eigenvalue weighted by Gasteiger charge is 2.19. The van der Waals surface area contributed by atoms with Crippen LogP contribution in [0.15, 0.2) is 36.5 Å². The molecule has 1 aromatic carbocycles. The van der Waals surface area contributed by atoms with Gasteiger partial charge in [0.1, 0.15) is 11.6 Å². The first-order valence-corrected chi connectivity index (χ1v) is 9.64. The van der Waals surface area contributed by atoms with E-state index in [0.717, 1.165) is 63.7 Å². The fraction of sp³-hybridized carbons (Fsp3) is 0.500. The summed E-state index contributed by atoms with van der Waals surface area (Å²) in [7, 11) is 1.69. The second-order valence-corrected chi connectivity index (χ2v) is 6.93. The number of hydrogen-bond donors (Lipinski definition) is 1. The van der Waals surface area contributed by atoms with Crippen LogP contribution in [0, 0.1) is 0 Å². The number of ether oxygens (including phenoxy) is 2. The number of benzene rings is 1. The van der Waals surface area contributed by atoms with Crippen molar-refractivity contribution in [3.05, 3.63) is 36.5 Å². The predicted molar refractivity (Wildman–Crippen MR) is 107 cm³/mol. The van der Waals surface area contributed by atoms with Gasteiger partial charge in [-0.1, -0.05) is 0 Å². The predicted octanol–water partition coefficient (Wildman–Crippen LogP) is 2.40. The highest BCUT2D eigenvalue weighted by molar-refractivity contribution is 5.51. The first-order chi connectivity index (χ1) is 13.3. The highest BCUT2D eigenvalue weighted by Crippen LogP contribution is 2.22. The van der Waals surface area contributed by atoms with Crippen molar-refractivity contribution < 1.29 is 9.47 Å². The van der Waals surface area contributed by atoms with Gasteiger partial charge >= 0.3 is 0 Å². The molecule has 1 N–H and O–H groups in total. The lowest BCUT2D eigenvalue weighted by Crippen LogP contribution is -2.46. The van der Waals surface area contributed by atoms with Gasteiger partial charge in [-0.25, -0.2) is 4.98 Å². The lowest BCUT2D eigenvalue weighted by atomic mass is 10.2. The minimum Gasteiger partial charge on any atom is -0.497 e. The molecule has 1 aromatic heterocycles. The fourth-order valence-corrected chi connectivity index (χ4v) is 3.61. The molecule has 2 aliphatic heterocycles. The Morgan fingerprint density at radius 2 is 1.89 bits per heavy atom. The van der Waals surface area contributed by atoms with Crippen LogP contribution in [-0.4, -0.2) is 62.5 Å². The van der Waals surface area contributed by atoms with E-state index in [1.807, 2.05) is 24.4 Å². The van der Waals surface area contributed by atoms with Gasteiger partial charge in [0.25, 0.3) is 0 Å². The molecule has 0 spiro atoms. The summed E-state index contributed by atoms with van der Waals surface area (Å²) < 4.78 is 10.9. The molecule has 0 bridgehead atoms. The standard InChI is InChI=1S/C20H27N5O2/c1-26-17-6-4-16(5-7-17)24-10-12-25(13-11-24)19-8-9-21-20(23-19)22-15-18-3-2-14-27-18/h4-9,18H,2-3,10-15H2,1H3,(H,21,22,23). The van der Waals surface area contributed by atoms with Gasteiger partial charge < -0.3 is 24.6 Å². The number of piperazine rings is 1. The van der Waals surface area contributed by atoms with Crippen LogP contribution in [0.1, 0.15) is 12.8 Å². The third-order valence-electron chi connectivity index (χ3n) is 5.19. The Bertz CT molecular complexity index is 725. The summed E-state index contributed by atoms with van der Waals surface area (Å²) in [4.78, 5) is 13.8. The SMILES string of the molecule is COc1ccc(N2CCN(c3ccnc(NCC4CCCO4)n3)CC2)cc1. The molecule has 2 aromatic rings. The van der Waals surface area contributed by atoms with Gasteiger partial charge in [-0.2, -0.15) is 4.98 Å². The molecule has 2 fully saturated rings. The third-order valence-corrected chi connectivity index (χ3v) is 5.19. The molecule has 2 aliphatic rings. The molecule has 2 saturated heterocycles. The maximum Gasteiger partial charge on any atom is 0.224 e. The van der Waals surface area contributed by atoms with Crippen LogP contribution in [0.5, 0.6) is 5.75 Å². The molecule has 7 nitrogen and oxygen atoms in total. The zero-order valence-electron chi connectivity index (χ0n) is 15.8. The molecular weight excluding hydrogens is 342 g/mol. The fourth-order valence-electron chi connectivity index (χ4n) is 3.61. The van der Waals surface area contributed by atoms with Crippen molar-refractivity contribution >= 4 is 17.5 Å². The molecule has 3 heterocycles. The van der Waals surface area contributed by atoms with E-state index in [-0.39, 0.29) is 6.10 Å². The summed E-state index contributed by atoms with van der Waals surface area (Å²) in [6, 6.07) is 10.2. The number of nitrogens with one attached hydrogen (secondary N) is 1. The summed E-state index contributed by atoms with van der Waals surface area (Å²) in [5.74, 6) is 2.55. The van der Waals surface area contributed by atoms with Crippen molar-refractivity contribution in [2.75, 3.05) is 61.6 Å². The van der Waals surface area contributed by atoms with E-state index in [9.17, 15) is 0 Å². The first kappa shape index (κ1) is 17.9. The highest BCUT2D eigenvalue weighted by atomic mass is 16.5. The van der Waals surface area contributed by atoms with Crippen LogP contribution < -0.4 is 19.9 Å².